The second-order valence-electron chi connectivity index (χ2n) is 8.25. The van der Waals surface area contributed by atoms with Gasteiger partial charge in [0.2, 0.25) is 11.8 Å². The van der Waals surface area contributed by atoms with Crippen molar-refractivity contribution in [2.24, 2.45) is 0 Å². The van der Waals surface area contributed by atoms with Crippen molar-refractivity contribution in [3.05, 3.63) is 48.6 Å². The average molecular weight is 396 g/mol. The summed E-state index contributed by atoms with van der Waals surface area (Å²) in [6.45, 7) is 5.82. The number of hydrogen-bond acceptors (Lipinski definition) is 3. The normalized spacial score (nSPS) is 26.0. The number of likely N-dealkylation sites (tertiary alicyclic amines) is 2. The summed E-state index contributed by atoms with van der Waals surface area (Å²) >= 11 is 0. The van der Waals surface area contributed by atoms with Crippen LogP contribution >= 0.6 is 0 Å². The van der Waals surface area contributed by atoms with Gasteiger partial charge in [-0.2, -0.15) is 0 Å². The van der Waals surface area contributed by atoms with Gasteiger partial charge in [0.25, 0.3) is 0 Å². The van der Waals surface area contributed by atoms with Gasteiger partial charge in [0, 0.05) is 33.2 Å². The van der Waals surface area contributed by atoms with Crippen LogP contribution in [0.25, 0.3) is 0 Å². The Hall–Kier alpha value is -2.83. The van der Waals surface area contributed by atoms with E-state index in [1.807, 2.05) is 42.3 Å². The predicted molar refractivity (Wildman–Crippen MR) is 109 cm³/mol. The third-order valence-electron chi connectivity index (χ3n) is 6.83. The Labute approximate surface area is 171 Å². The maximum absolute atomic E-state index is 13.8. The summed E-state index contributed by atoms with van der Waals surface area (Å²) in [5.41, 5.74) is 0.367. The van der Waals surface area contributed by atoms with E-state index in [4.69, 9.17) is 0 Å². The zero-order valence-electron chi connectivity index (χ0n) is 16.8. The molecule has 4 rings (SSSR count). The minimum Gasteiger partial charge on any atom is -0.340 e. The summed E-state index contributed by atoms with van der Waals surface area (Å²) in [6.07, 6.45) is 3.29. The first kappa shape index (κ1) is 19.5. The first-order chi connectivity index (χ1) is 14.0. The van der Waals surface area contributed by atoms with Crippen molar-refractivity contribution < 1.29 is 14.4 Å². The zero-order chi connectivity index (χ0) is 20.6. The minimum absolute atomic E-state index is 0.0274. The predicted octanol–water partition coefficient (Wildman–Crippen LogP) is 1.36. The van der Waals surface area contributed by atoms with E-state index in [0.717, 1.165) is 12.0 Å². The molecule has 1 N–H and O–H groups in total. The fraction of sp³-hybridized carbons (Fsp3) is 0.500. The fourth-order valence-corrected chi connectivity index (χ4v) is 5.06. The van der Waals surface area contributed by atoms with Gasteiger partial charge in [0.15, 0.2) is 0 Å². The Morgan fingerprint density at radius 1 is 1.14 bits per heavy atom. The lowest BCUT2D eigenvalue weighted by Crippen LogP contribution is -2.59. The highest BCUT2D eigenvalue weighted by Crippen LogP contribution is 2.38. The molecule has 0 aliphatic carbocycles. The first-order valence-corrected chi connectivity index (χ1v) is 10.3. The van der Waals surface area contributed by atoms with E-state index in [1.54, 1.807) is 9.80 Å². The molecule has 7 heteroatoms. The topological polar surface area (TPSA) is 73.0 Å². The molecule has 0 spiro atoms. The molecule has 0 aromatic heterocycles. The summed E-state index contributed by atoms with van der Waals surface area (Å²) in [6, 6.07) is 9.96. The van der Waals surface area contributed by atoms with E-state index in [-0.39, 0.29) is 29.9 Å². The van der Waals surface area contributed by atoms with E-state index in [0.29, 0.717) is 39.0 Å². The molecule has 1 aromatic carbocycles. The number of piperidine rings is 2. The van der Waals surface area contributed by atoms with Crippen LogP contribution in [0.15, 0.2) is 43.0 Å². The van der Waals surface area contributed by atoms with Crippen molar-refractivity contribution >= 4 is 17.8 Å². The van der Waals surface area contributed by atoms with Gasteiger partial charge in [0.1, 0.15) is 0 Å². The van der Waals surface area contributed by atoms with Gasteiger partial charge < -0.3 is 20.0 Å². The third-order valence-corrected chi connectivity index (χ3v) is 6.83. The molecule has 3 aliphatic heterocycles. The number of hydrogen-bond donors (Lipinski definition) is 1. The molecule has 2 atom stereocenters. The maximum atomic E-state index is 13.8. The standard InChI is InChI=1S/C22H28N4O3/c1-3-19(27)25-13-10-22(11-14-25,16-7-5-4-6-8-16)20(28)26-12-9-18-17(15-26)23-21(29)24(18)2/h3-8,17-18H,1,9-15H2,2H3,(H,23,29)/t17-,18+/m0/s1. The maximum Gasteiger partial charge on any atom is 0.317 e. The van der Waals surface area contributed by atoms with Crippen molar-refractivity contribution in [3.8, 4) is 0 Å². The molecule has 0 radical (unpaired) electrons. The summed E-state index contributed by atoms with van der Waals surface area (Å²) in [4.78, 5) is 43.3. The number of benzene rings is 1. The van der Waals surface area contributed by atoms with Crippen LogP contribution in [0, 0.1) is 0 Å². The Morgan fingerprint density at radius 3 is 2.48 bits per heavy atom. The van der Waals surface area contributed by atoms with E-state index in [2.05, 4.69) is 11.9 Å². The average Bonchev–Trinajstić information content (AvgIpc) is 3.06. The molecule has 7 nitrogen and oxygen atoms in total. The quantitative estimate of drug-likeness (QED) is 0.784. The van der Waals surface area contributed by atoms with Gasteiger partial charge in [-0.25, -0.2) is 4.79 Å². The number of carbonyl (C=O) groups excluding carboxylic acids is 3. The van der Waals surface area contributed by atoms with Gasteiger partial charge in [0.05, 0.1) is 17.5 Å². The van der Waals surface area contributed by atoms with Gasteiger partial charge in [-0.1, -0.05) is 36.9 Å². The molecule has 3 aliphatic rings. The van der Waals surface area contributed by atoms with E-state index >= 15 is 0 Å². The van der Waals surface area contributed by atoms with Crippen LogP contribution in [0.5, 0.6) is 0 Å². The summed E-state index contributed by atoms with van der Waals surface area (Å²) in [7, 11) is 1.81. The van der Waals surface area contributed by atoms with Crippen molar-refractivity contribution in [2.45, 2.75) is 36.8 Å². The molecule has 0 unspecified atom stereocenters. The molecule has 0 bridgehead atoms. The second-order valence-corrected chi connectivity index (χ2v) is 8.25. The largest absolute Gasteiger partial charge is 0.340 e. The molecular formula is C22H28N4O3. The number of urea groups is 1. The molecular weight excluding hydrogens is 368 g/mol. The van der Waals surface area contributed by atoms with Gasteiger partial charge in [-0.3, -0.25) is 9.59 Å². The van der Waals surface area contributed by atoms with Gasteiger partial charge in [-0.05, 0) is 30.9 Å². The van der Waals surface area contributed by atoms with Gasteiger partial charge in [-0.15, -0.1) is 0 Å². The number of likely N-dealkylation sites (N-methyl/N-ethyl adjacent to an activating group) is 1. The van der Waals surface area contributed by atoms with E-state index in [9.17, 15) is 14.4 Å². The highest BCUT2D eigenvalue weighted by Gasteiger charge is 2.49. The number of amides is 4. The zero-order valence-corrected chi connectivity index (χ0v) is 16.8. The van der Waals surface area contributed by atoms with Crippen LogP contribution in [0.1, 0.15) is 24.8 Å². The first-order valence-electron chi connectivity index (χ1n) is 10.3. The Balaban J connectivity index is 1.58. The van der Waals surface area contributed by atoms with Gasteiger partial charge >= 0.3 is 6.03 Å². The number of rotatable bonds is 3. The molecule has 154 valence electrons. The lowest BCUT2D eigenvalue weighted by molar-refractivity contribution is -0.143. The SMILES string of the molecule is C=CC(=O)N1CCC(C(=O)N2CC[C@@H]3[C@H](C2)NC(=O)N3C)(c2ccccc2)CC1. The Morgan fingerprint density at radius 2 is 1.83 bits per heavy atom. The molecule has 3 saturated heterocycles. The van der Waals surface area contributed by atoms with Crippen molar-refractivity contribution in [3.63, 3.8) is 0 Å². The highest BCUT2D eigenvalue weighted by molar-refractivity contribution is 5.90. The number of fused-ring (bicyclic) bond motifs is 1. The fourth-order valence-electron chi connectivity index (χ4n) is 5.06. The number of nitrogens with one attached hydrogen (secondary N) is 1. The molecule has 29 heavy (non-hydrogen) atoms. The lowest BCUT2D eigenvalue weighted by Gasteiger charge is -2.45. The summed E-state index contributed by atoms with van der Waals surface area (Å²) < 4.78 is 0. The number of carbonyl (C=O) groups is 3. The van der Waals surface area contributed by atoms with Crippen LogP contribution in [0.4, 0.5) is 4.79 Å². The monoisotopic (exact) mass is 396 g/mol. The van der Waals surface area contributed by atoms with Crippen LogP contribution in [-0.4, -0.2) is 77.9 Å². The smallest absolute Gasteiger partial charge is 0.317 e. The molecule has 3 heterocycles. The highest BCUT2D eigenvalue weighted by atomic mass is 16.2. The van der Waals surface area contributed by atoms with Crippen molar-refractivity contribution in [1.82, 2.24) is 20.0 Å². The molecule has 0 saturated carbocycles. The van der Waals surface area contributed by atoms with E-state index < -0.39 is 5.41 Å². The Kier molecular flexibility index (Phi) is 5.06. The van der Waals surface area contributed by atoms with Crippen LogP contribution < -0.4 is 5.32 Å². The van der Waals surface area contributed by atoms with E-state index in [1.165, 1.54) is 6.08 Å². The van der Waals surface area contributed by atoms with Crippen LogP contribution in [0.2, 0.25) is 0 Å². The van der Waals surface area contributed by atoms with Crippen LogP contribution in [-0.2, 0) is 15.0 Å². The molecule has 1 aromatic rings. The second kappa shape index (κ2) is 7.54. The Bertz CT molecular complexity index is 817. The lowest BCUT2D eigenvalue weighted by atomic mass is 9.71. The molecule has 4 amide bonds. The van der Waals surface area contributed by atoms with Crippen molar-refractivity contribution in [2.75, 3.05) is 33.2 Å². The van der Waals surface area contributed by atoms with Crippen molar-refractivity contribution in [1.29, 1.82) is 0 Å². The minimum atomic E-state index is -0.638. The third kappa shape index (κ3) is 3.28. The van der Waals surface area contributed by atoms with Crippen LogP contribution in [0.3, 0.4) is 0 Å². The summed E-state index contributed by atoms with van der Waals surface area (Å²) in [5, 5.41) is 3.00. The number of nitrogens with zero attached hydrogens (tertiary/aromatic N) is 3. The molecule has 3 fully saturated rings. The summed E-state index contributed by atoms with van der Waals surface area (Å²) in [5.74, 6) is 0.0216.